The smallest absolute Gasteiger partial charge is 0.137 e. The number of anilines is 2. The van der Waals surface area contributed by atoms with Crippen molar-refractivity contribution in [2.45, 2.75) is 33.6 Å². The van der Waals surface area contributed by atoms with Gasteiger partial charge in [-0.1, -0.05) is 6.92 Å². The van der Waals surface area contributed by atoms with E-state index in [9.17, 15) is 0 Å². The van der Waals surface area contributed by atoms with Crippen LogP contribution in [0.4, 0.5) is 11.6 Å². The summed E-state index contributed by atoms with van der Waals surface area (Å²) in [5, 5.41) is 3.36. The van der Waals surface area contributed by atoms with Crippen LogP contribution in [-0.4, -0.2) is 43.8 Å². The molecule has 0 aromatic carbocycles. The molecule has 0 saturated carbocycles. The zero-order valence-electron chi connectivity index (χ0n) is 12.8. The average molecular weight is 266 g/mol. The van der Waals surface area contributed by atoms with E-state index in [1.165, 1.54) is 0 Å². The van der Waals surface area contributed by atoms with Gasteiger partial charge in [0, 0.05) is 39.4 Å². The van der Waals surface area contributed by atoms with Crippen LogP contribution >= 0.6 is 0 Å². The Morgan fingerprint density at radius 3 is 2.63 bits per heavy atom. The molecule has 1 aromatic heterocycles. The molecule has 0 radical (unpaired) electrons. The molecule has 0 saturated heterocycles. The minimum Gasteiger partial charge on any atom is -0.385 e. The molecule has 1 N–H and O–H groups in total. The lowest BCUT2D eigenvalue weighted by Crippen LogP contribution is -2.23. The van der Waals surface area contributed by atoms with Crippen LogP contribution in [0.5, 0.6) is 0 Å². The van der Waals surface area contributed by atoms with Gasteiger partial charge in [0.05, 0.1) is 0 Å². The summed E-state index contributed by atoms with van der Waals surface area (Å²) in [7, 11) is 3.79. The highest BCUT2D eigenvalue weighted by atomic mass is 16.5. The molecule has 1 rings (SSSR count). The van der Waals surface area contributed by atoms with Gasteiger partial charge in [0.25, 0.3) is 0 Å². The summed E-state index contributed by atoms with van der Waals surface area (Å²) in [5.41, 5.74) is 1.11. The van der Waals surface area contributed by atoms with E-state index in [2.05, 4.69) is 41.1 Å². The molecule has 0 unspecified atom stereocenters. The fourth-order valence-corrected chi connectivity index (χ4v) is 1.95. The molecule has 5 heteroatoms. The van der Waals surface area contributed by atoms with Crippen LogP contribution in [0.25, 0.3) is 0 Å². The number of ether oxygens (including phenoxy) is 1. The summed E-state index contributed by atoms with van der Waals surface area (Å²) < 4.78 is 5.09. The third-order valence-electron chi connectivity index (χ3n) is 2.98. The van der Waals surface area contributed by atoms with Crippen molar-refractivity contribution in [3.8, 4) is 0 Å². The maximum absolute atomic E-state index is 5.09. The number of methoxy groups -OCH3 is 1. The van der Waals surface area contributed by atoms with E-state index < -0.39 is 0 Å². The lowest BCUT2D eigenvalue weighted by Gasteiger charge is -2.22. The van der Waals surface area contributed by atoms with Gasteiger partial charge in [-0.05, 0) is 26.7 Å². The van der Waals surface area contributed by atoms with Crippen LogP contribution < -0.4 is 10.2 Å². The Morgan fingerprint density at radius 2 is 2.00 bits per heavy atom. The zero-order chi connectivity index (χ0) is 14.3. The first kappa shape index (κ1) is 15.7. The van der Waals surface area contributed by atoms with Gasteiger partial charge in [0.2, 0.25) is 0 Å². The summed E-state index contributed by atoms with van der Waals surface area (Å²) in [6, 6.07) is 0. The van der Waals surface area contributed by atoms with Crippen molar-refractivity contribution in [2.75, 3.05) is 44.1 Å². The predicted molar refractivity (Wildman–Crippen MR) is 80.0 cm³/mol. The Morgan fingerprint density at radius 1 is 1.26 bits per heavy atom. The van der Waals surface area contributed by atoms with Gasteiger partial charge in [-0.25, -0.2) is 9.97 Å². The van der Waals surface area contributed by atoms with Crippen molar-refractivity contribution in [3.05, 3.63) is 11.4 Å². The van der Waals surface area contributed by atoms with Gasteiger partial charge >= 0.3 is 0 Å². The molecule has 0 spiro atoms. The molecule has 0 bridgehead atoms. The number of nitrogens with zero attached hydrogens (tertiary/aromatic N) is 3. The molecule has 0 amide bonds. The van der Waals surface area contributed by atoms with Crippen molar-refractivity contribution in [2.24, 2.45) is 0 Å². The first-order valence-electron chi connectivity index (χ1n) is 6.89. The van der Waals surface area contributed by atoms with Crippen LogP contribution in [0.2, 0.25) is 0 Å². The molecule has 1 aromatic rings. The molecule has 0 aliphatic rings. The van der Waals surface area contributed by atoms with Crippen LogP contribution in [0, 0.1) is 13.8 Å². The number of aromatic nitrogens is 2. The van der Waals surface area contributed by atoms with Gasteiger partial charge in [0.1, 0.15) is 17.5 Å². The SMILES string of the molecule is CCCNc1nc(C)nc(N(C)CCCOC)c1C. The van der Waals surface area contributed by atoms with E-state index in [0.717, 1.165) is 55.6 Å². The minimum absolute atomic E-state index is 0.772. The fourth-order valence-electron chi connectivity index (χ4n) is 1.95. The lowest BCUT2D eigenvalue weighted by atomic mass is 10.2. The molecule has 0 aliphatic heterocycles. The molecular formula is C14H26N4O. The van der Waals surface area contributed by atoms with Crippen molar-refractivity contribution < 1.29 is 4.74 Å². The first-order chi connectivity index (χ1) is 9.10. The average Bonchev–Trinajstić information content (AvgIpc) is 2.39. The monoisotopic (exact) mass is 266 g/mol. The maximum Gasteiger partial charge on any atom is 0.137 e. The van der Waals surface area contributed by atoms with E-state index in [1.807, 2.05) is 6.92 Å². The molecule has 0 aliphatic carbocycles. The summed E-state index contributed by atoms with van der Waals surface area (Å²) in [6.07, 6.45) is 2.08. The largest absolute Gasteiger partial charge is 0.385 e. The van der Waals surface area contributed by atoms with Gasteiger partial charge in [-0.3, -0.25) is 0 Å². The second-order valence-electron chi connectivity index (χ2n) is 4.76. The standard InChI is InChI=1S/C14H26N4O/c1-6-8-15-13-11(2)14(17-12(3)16-13)18(4)9-7-10-19-5/h6-10H2,1-5H3,(H,15,16,17). The Hall–Kier alpha value is -1.36. The van der Waals surface area contributed by atoms with Gasteiger partial charge < -0.3 is 15.0 Å². The first-order valence-corrected chi connectivity index (χ1v) is 6.89. The van der Waals surface area contributed by atoms with Crippen LogP contribution in [0.1, 0.15) is 31.2 Å². The third-order valence-corrected chi connectivity index (χ3v) is 2.98. The molecule has 5 nitrogen and oxygen atoms in total. The van der Waals surface area contributed by atoms with E-state index in [4.69, 9.17) is 4.74 Å². The number of hydrogen-bond acceptors (Lipinski definition) is 5. The van der Waals surface area contributed by atoms with Crippen molar-refractivity contribution in [1.29, 1.82) is 0 Å². The maximum atomic E-state index is 5.09. The highest BCUT2D eigenvalue weighted by Crippen LogP contribution is 2.22. The number of nitrogens with one attached hydrogen (secondary N) is 1. The van der Waals surface area contributed by atoms with Crippen molar-refractivity contribution in [1.82, 2.24) is 9.97 Å². The second kappa shape index (κ2) is 7.94. The number of aryl methyl sites for hydroxylation is 1. The minimum atomic E-state index is 0.772. The Bertz CT molecular complexity index is 395. The summed E-state index contributed by atoms with van der Waals surface area (Å²) in [5.74, 6) is 2.75. The quantitative estimate of drug-likeness (QED) is 0.732. The predicted octanol–water partition coefficient (Wildman–Crippen LogP) is 2.39. The normalized spacial score (nSPS) is 10.6. The van der Waals surface area contributed by atoms with Crippen molar-refractivity contribution >= 4 is 11.6 Å². The highest BCUT2D eigenvalue weighted by molar-refractivity contribution is 5.58. The zero-order valence-corrected chi connectivity index (χ0v) is 12.8. The van der Waals surface area contributed by atoms with E-state index in [0.29, 0.717) is 0 Å². The molecule has 0 atom stereocenters. The summed E-state index contributed by atoms with van der Waals surface area (Å²) in [4.78, 5) is 11.2. The Kier molecular flexibility index (Phi) is 6.56. The van der Waals surface area contributed by atoms with Gasteiger partial charge in [0.15, 0.2) is 0 Å². The van der Waals surface area contributed by atoms with Crippen LogP contribution in [0.15, 0.2) is 0 Å². The summed E-state index contributed by atoms with van der Waals surface area (Å²) >= 11 is 0. The topological polar surface area (TPSA) is 50.3 Å². The Balaban J connectivity index is 2.83. The van der Waals surface area contributed by atoms with Crippen molar-refractivity contribution in [3.63, 3.8) is 0 Å². The fraction of sp³-hybridized carbons (Fsp3) is 0.714. The third kappa shape index (κ3) is 4.67. The lowest BCUT2D eigenvalue weighted by molar-refractivity contribution is 0.196. The van der Waals surface area contributed by atoms with Crippen LogP contribution in [-0.2, 0) is 4.74 Å². The molecule has 108 valence electrons. The highest BCUT2D eigenvalue weighted by Gasteiger charge is 2.12. The number of rotatable bonds is 8. The number of hydrogen-bond donors (Lipinski definition) is 1. The van der Waals surface area contributed by atoms with Crippen LogP contribution in [0.3, 0.4) is 0 Å². The molecule has 19 heavy (non-hydrogen) atoms. The second-order valence-corrected chi connectivity index (χ2v) is 4.76. The van der Waals surface area contributed by atoms with Gasteiger partial charge in [-0.15, -0.1) is 0 Å². The Labute approximate surface area is 116 Å². The van der Waals surface area contributed by atoms with Gasteiger partial charge in [-0.2, -0.15) is 0 Å². The molecular weight excluding hydrogens is 240 g/mol. The van der Waals surface area contributed by atoms with E-state index >= 15 is 0 Å². The van der Waals surface area contributed by atoms with E-state index in [1.54, 1.807) is 7.11 Å². The molecule has 0 fully saturated rings. The van der Waals surface area contributed by atoms with E-state index in [-0.39, 0.29) is 0 Å². The molecule has 1 heterocycles. The summed E-state index contributed by atoms with van der Waals surface area (Å²) in [6.45, 7) is 8.79.